The number of carbonyl (C=O) groups excluding carboxylic acids is 3. The maximum atomic E-state index is 12.5. The number of nitrogens with zero attached hydrogens (tertiary/aromatic N) is 2. The largest absolute Gasteiger partial charge is 0.347 e. The molecule has 1 heterocycles. The summed E-state index contributed by atoms with van der Waals surface area (Å²) in [5, 5.41) is 2.68. The van der Waals surface area contributed by atoms with Crippen molar-refractivity contribution in [3.05, 3.63) is 29.3 Å². The second kappa shape index (κ2) is 6.63. The maximum Gasteiger partial charge on any atom is 0.313 e. The van der Waals surface area contributed by atoms with Crippen LogP contribution in [-0.4, -0.2) is 54.2 Å². The Morgan fingerprint density at radius 2 is 1.88 bits per heavy atom. The van der Waals surface area contributed by atoms with E-state index < -0.39 is 17.9 Å². The monoisotopic (exact) mass is 329 g/mol. The predicted molar refractivity (Wildman–Crippen MR) is 90.5 cm³/mol. The molecule has 0 radical (unpaired) electrons. The van der Waals surface area contributed by atoms with Crippen LogP contribution in [0.5, 0.6) is 0 Å². The van der Waals surface area contributed by atoms with E-state index >= 15 is 0 Å². The summed E-state index contributed by atoms with van der Waals surface area (Å²) in [4.78, 5) is 39.8. The summed E-state index contributed by atoms with van der Waals surface area (Å²) >= 11 is 0. The molecule has 0 bridgehead atoms. The van der Waals surface area contributed by atoms with Gasteiger partial charge in [-0.05, 0) is 55.4 Å². The first-order valence-corrected chi connectivity index (χ1v) is 8.42. The van der Waals surface area contributed by atoms with Gasteiger partial charge < -0.3 is 15.1 Å². The van der Waals surface area contributed by atoms with Gasteiger partial charge in [-0.2, -0.15) is 0 Å². The van der Waals surface area contributed by atoms with Gasteiger partial charge in [-0.3, -0.25) is 14.4 Å². The lowest BCUT2D eigenvalue weighted by Crippen LogP contribution is -2.48. The normalized spacial score (nSPS) is 19.1. The van der Waals surface area contributed by atoms with E-state index in [1.54, 1.807) is 14.1 Å². The lowest BCUT2D eigenvalue weighted by atomic mass is 10.1. The number of hydrogen-bond donors (Lipinski definition) is 1. The van der Waals surface area contributed by atoms with Gasteiger partial charge in [0, 0.05) is 26.3 Å². The van der Waals surface area contributed by atoms with E-state index in [0.717, 1.165) is 25.7 Å². The molecule has 1 aromatic carbocycles. The number of fused-ring (bicyclic) bond motifs is 1. The van der Waals surface area contributed by atoms with Crippen molar-refractivity contribution in [3.63, 3.8) is 0 Å². The van der Waals surface area contributed by atoms with E-state index in [1.165, 1.54) is 20.9 Å². The molecule has 1 saturated heterocycles. The number of rotatable bonds is 2. The molecule has 0 spiro atoms. The van der Waals surface area contributed by atoms with E-state index in [0.29, 0.717) is 18.7 Å². The Bertz CT molecular complexity index is 684. The minimum atomic E-state index is -0.675. The Morgan fingerprint density at radius 3 is 2.62 bits per heavy atom. The number of carbonyl (C=O) groups is 3. The van der Waals surface area contributed by atoms with Gasteiger partial charge in [0.15, 0.2) is 0 Å². The van der Waals surface area contributed by atoms with E-state index in [1.807, 2.05) is 18.2 Å². The van der Waals surface area contributed by atoms with Gasteiger partial charge in [0.05, 0.1) is 0 Å². The zero-order chi connectivity index (χ0) is 17.3. The van der Waals surface area contributed by atoms with Crippen LogP contribution in [0.2, 0.25) is 0 Å². The summed E-state index contributed by atoms with van der Waals surface area (Å²) in [5.41, 5.74) is 3.20. The number of likely N-dealkylation sites (tertiary alicyclic amines) is 1. The van der Waals surface area contributed by atoms with Crippen molar-refractivity contribution in [1.82, 2.24) is 9.80 Å². The van der Waals surface area contributed by atoms with Crippen molar-refractivity contribution >= 4 is 23.4 Å². The number of hydrogen-bond acceptors (Lipinski definition) is 3. The van der Waals surface area contributed by atoms with Crippen LogP contribution < -0.4 is 5.32 Å². The molecule has 3 rings (SSSR count). The average molecular weight is 329 g/mol. The Balaban J connectivity index is 1.68. The zero-order valence-corrected chi connectivity index (χ0v) is 14.2. The fourth-order valence-corrected chi connectivity index (χ4v) is 3.53. The molecule has 1 N–H and O–H groups in total. The van der Waals surface area contributed by atoms with Crippen molar-refractivity contribution in [2.45, 2.75) is 38.1 Å². The number of likely N-dealkylation sites (N-methyl/N-ethyl adjacent to an activating group) is 1. The second-order valence-electron chi connectivity index (χ2n) is 6.68. The number of amides is 3. The van der Waals surface area contributed by atoms with Gasteiger partial charge in [-0.25, -0.2) is 0 Å². The lowest BCUT2D eigenvalue weighted by Gasteiger charge is -2.25. The molecular formula is C18H23N3O3. The fraction of sp³-hybridized carbons (Fsp3) is 0.500. The molecular weight excluding hydrogens is 306 g/mol. The van der Waals surface area contributed by atoms with Crippen molar-refractivity contribution in [1.29, 1.82) is 0 Å². The Labute approximate surface area is 141 Å². The van der Waals surface area contributed by atoms with Crippen molar-refractivity contribution in [3.8, 4) is 0 Å². The first-order chi connectivity index (χ1) is 11.5. The molecule has 2 aliphatic rings. The van der Waals surface area contributed by atoms with Crippen LogP contribution in [0, 0.1) is 0 Å². The van der Waals surface area contributed by atoms with E-state index in [2.05, 4.69) is 5.32 Å². The summed E-state index contributed by atoms with van der Waals surface area (Å²) in [6.07, 6.45) is 4.56. The van der Waals surface area contributed by atoms with Crippen molar-refractivity contribution < 1.29 is 14.4 Å². The van der Waals surface area contributed by atoms with E-state index in [9.17, 15) is 14.4 Å². The van der Waals surface area contributed by atoms with Gasteiger partial charge >= 0.3 is 11.8 Å². The van der Waals surface area contributed by atoms with Gasteiger partial charge in [0.2, 0.25) is 5.91 Å². The number of anilines is 1. The van der Waals surface area contributed by atoms with Crippen LogP contribution in [0.3, 0.4) is 0 Å². The third-order valence-electron chi connectivity index (χ3n) is 4.79. The number of benzene rings is 1. The van der Waals surface area contributed by atoms with Crippen LogP contribution in [-0.2, 0) is 27.2 Å². The average Bonchev–Trinajstić information content (AvgIpc) is 3.21. The highest BCUT2D eigenvalue weighted by atomic mass is 16.2. The SMILES string of the molecule is CN(C)C(=O)[C@@H]1CCCN1C(=O)C(=O)Nc1ccc2c(c1)CCC2. The second-order valence-corrected chi connectivity index (χ2v) is 6.68. The summed E-state index contributed by atoms with van der Waals surface area (Å²) in [5.74, 6) is -1.44. The Kier molecular flexibility index (Phi) is 4.55. The first kappa shape index (κ1) is 16.5. The summed E-state index contributed by atoms with van der Waals surface area (Å²) in [7, 11) is 3.32. The smallest absolute Gasteiger partial charge is 0.313 e. The van der Waals surface area contributed by atoms with Gasteiger partial charge in [-0.15, -0.1) is 0 Å². The zero-order valence-electron chi connectivity index (χ0n) is 14.2. The molecule has 0 saturated carbocycles. The van der Waals surface area contributed by atoms with Crippen molar-refractivity contribution in [2.75, 3.05) is 26.0 Å². The molecule has 6 heteroatoms. The topological polar surface area (TPSA) is 69.7 Å². The highest BCUT2D eigenvalue weighted by Crippen LogP contribution is 2.25. The standard InChI is InChI=1S/C18H23N3O3/c1-20(2)17(23)15-7-4-10-21(15)18(24)16(22)19-14-9-8-12-5-3-6-13(12)11-14/h8-9,11,15H,3-7,10H2,1-2H3,(H,19,22)/t15-/m0/s1. The fourth-order valence-electron chi connectivity index (χ4n) is 3.53. The van der Waals surface area contributed by atoms with Crippen LogP contribution in [0.15, 0.2) is 18.2 Å². The highest BCUT2D eigenvalue weighted by molar-refractivity contribution is 6.40. The van der Waals surface area contributed by atoms with Crippen LogP contribution >= 0.6 is 0 Å². The molecule has 0 unspecified atom stereocenters. The van der Waals surface area contributed by atoms with E-state index in [4.69, 9.17) is 0 Å². The molecule has 24 heavy (non-hydrogen) atoms. The summed E-state index contributed by atoms with van der Waals surface area (Å²) < 4.78 is 0. The molecule has 0 aromatic heterocycles. The molecule has 128 valence electrons. The van der Waals surface area contributed by atoms with Crippen LogP contribution in [0.1, 0.15) is 30.4 Å². The van der Waals surface area contributed by atoms with Crippen LogP contribution in [0.25, 0.3) is 0 Å². The van der Waals surface area contributed by atoms with E-state index in [-0.39, 0.29) is 5.91 Å². The molecule has 1 aromatic rings. The maximum absolute atomic E-state index is 12.5. The highest BCUT2D eigenvalue weighted by Gasteiger charge is 2.37. The first-order valence-electron chi connectivity index (χ1n) is 8.42. The Morgan fingerprint density at radius 1 is 1.12 bits per heavy atom. The van der Waals surface area contributed by atoms with Crippen molar-refractivity contribution in [2.24, 2.45) is 0 Å². The predicted octanol–water partition coefficient (Wildman–Crippen LogP) is 1.19. The third kappa shape index (κ3) is 3.13. The van der Waals surface area contributed by atoms with Gasteiger partial charge in [0.1, 0.15) is 6.04 Å². The summed E-state index contributed by atoms with van der Waals surface area (Å²) in [6.45, 7) is 0.445. The molecule has 1 fully saturated rings. The minimum Gasteiger partial charge on any atom is -0.347 e. The van der Waals surface area contributed by atoms with Crippen LogP contribution in [0.4, 0.5) is 5.69 Å². The molecule has 1 aliphatic carbocycles. The molecule has 3 amide bonds. The number of nitrogens with one attached hydrogen (secondary N) is 1. The van der Waals surface area contributed by atoms with Gasteiger partial charge in [-0.1, -0.05) is 6.07 Å². The molecule has 1 atom stereocenters. The molecule has 6 nitrogen and oxygen atoms in total. The molecule has 1 aliphatic heterocycles. The Hall–Kier alpha value is -2.37. The summed E-state index contributed by atoms with van der Waals surface area (Å²) in [6, 6.07) is 5.26. The number of aryl methyl sites for hydroxylation is 2. The van der Waals surface area contributed by atoms with Gasteiger partial charge in [0.25, 0.3) is 0 Å². The minimum absolute atomic E-state index is 0.133. The quantitative estimate of drug-likeness (QED) is 0.829. The third-order valence-corrected chi connectivity index (χ3v) is 4.79. The lowest BCUT2D eigenvalue weighted by molar-refractivity contribution is -0.147.